The van der Waals surface area contributed by atoms with Crippen LogP contribution in [0.2, 0.25) is 0 Å². The van der Waals surface area contributed by atoms with Crippen LogP contribution in [-0.4, -0.2) is 26.2 Å². The first kappa shape index (κ1) is 21.1. The van der Waals surface area contributed by atoms with Gasteiger partial charge in [-0.2, -0.15) is 0 Å². The van der Waals surface area contributed by atoms with Gasteiger partial charge in [0.05, 0.1) is 14.2 Å². The average molecular weight is 473 g/mol. The highest BCUT2D eigenvalue weighted by atomic mass is 16.5. The molecule has 0 amide bonds. The zero-order chi connectivity index (χ0) is 24.7. The van der Waals surface area contributed by atoms with Crippen molar-refractivity contribution in [3.8, 4) is 22.3 Å². The Morgan fingerprint density at radius 2 is 0.861 bits per heavy atom. The third-order valence-corrected chi connectivity index (χ3v) is 8.74. The van der Waals surface area contributed by atoms with Crippen molar-refractivity contribution in [3.63, 3.8) is 0 Å². The van der Waals surface area contributed by atoms with Gasteiger partial charge in [-0.05, 0) is 44.5 Å². The summed E-state index contributed by atoms with van der Waals surface area (Å²) >= 11 is 0. The maximum atomic E-state index is 14.2. The van der Waals surface area contributed by atoms with E-state index in [9.17, 15) is 9.59 Å². The number of hydrogen-bond donors (Lipinski definition) is 0. The second-order valence-electron chi connectivity index (χ2n) is 9.85. The molecule has 0 bridgehead atoms. The molecule has 1 saturated carbocycles. The molecule has 176 valence electrons. The molecule has 0 heterocycles. The summed E-state index contributed by atoms with van der Waals surface area (Å²) < 4.78 is 11.2. The molecular formula is C32H24O4. The van der Waals surface area contributed by atoms with E-state index in [1.807, 2.05) is 60.7 Å². The first-order chi connectivity index (χ1) is 17.6. The number of ether oxygens (including phenoxy) is 2. The van der Waals surface area contributed by atoms with Crippen LogP contribution >= 0.6 is 0 Å². The van der Waals surface area contributed by atoms with Crippen molar-refractivity contribution in [2.75, 3.05) is 14.2 Å². The van der Waals surface area contributed by atoms with Gasteiger partial charge < -0.3 is 9.47 Å². The molecule has 4 nitrogen and oxygen atoms in total. The predicted octanol–water partition coefficient (Wildman–Crippen LogP) is 5.75. The summed E-state index contributed by atoms with van der Waals surface area (Å²) in [6.45, 7) is 0. The molecule has 4 heteroatoms. The van der Waals surface area contributed by atoms with Gasteiger partial charge in [-0.25, -0.2) is 0 Å². The molecule has 4 aromatic rings. The van der Waals surface area contributed by atoms with Gasteiger partial charge in [-0.3, -0.25) is 9.59 Å². The molecule has 0 saturated heterocycles. The fraction of sp³-hybridized carbons (Fsp3) is 0.188. The molecular weight excluding hydrogens is 448 g/mol. The molecule has 3 aliphatic rings. The Morgan fingerprint density at radius 1 is 0.528 bits per heavy atom. The van der Waals surface area contributed by atoms with Crippen molar-refractivity contribution < 1.29 is 19.1 Å². The van der Waals surface area contributed by atoms with Crippen molar-refractivity contribution in [1.29, 1.82) is 0 Å². The van der Waals surface area contributed by atoms with Crippen molar-refractivity contribution >= 4 is 11.9 Å². The monoisotopic (exact) mass is 472 g/mol. The third kappa shape index (κ3) is 2.13. The van der Waals surface area contributed by atoms with Crippen molar-refractivity contribution in [2.24, 2.45) is 0 Å². The van der Waals surface area contributed by atoms with E-state index in [-0.39, 0.29) is 11.9 Å². The highest BCUT2D eigenvalue weighted by Crippen LogP contribution is 2.79. The van der Waals surface area contributed by atoms with E-state index in [4.69, 9.17) is 9.47 Å². The maximum absolute atomic E-state index is 14.2. The Morgan fingerprint density at radius 3 is 1.25 bits per heavy atom. The van der Waals surface area contributed by atoms with Crippen molar-refractivity contribution in [2.45, 2.75) is 22.7 Å². The molecule has 0 unspecified atom stereocenters. The lowest BCUT2D eigenvalue weighted by atomic mass is 9.30. The maximum Gasteiger partial charge on any atom is 0.317 e. The molecule has 0 aliphatic heterocycles. The number of methoxy groups -OCH3 is 2. The summed E-state index contributed by atoms with van der Waals surface area (Å²) in [7, 11) is 2.89. The van der Waals surface area contributed by atoms with Gasteiger partial charge in [0, 0.05) is 11.8 Å². The number of esters is 2. The second-order valence-corrected chi connectivity index (χ2v) is 9.85. The number of hydrogen-bond acceptors (Lipinski definition) is 4. The first-order valence-electron chi connectivity index (χ1n) is 12.2. The molecule has 4 aromatic carbocycles. The Balaban J connectivity index is 1.70. The molecule has 3 aliphatic carbocycles. The van der Waals surface area contributed by atoms with Gasteiger partial charge in [-0.1, -0.05) is 97.1 Å². The lowest BCUT2D eigenvalue weighted by Gasteiger charge is -2.69. The predicted molar refractivity (Wildman–Crippen MR) is 137 cm³/mol. The van der Waals surface area contributed by atoms with Crippen LogP contribution in [0.5, 0.6) is 0 Å². The minimum Gasteiger partial charge on any atom is -0.468 e. The Bertz CT molecular complexity index is 1460. The quantitative estimate of drug-likeness (QED) is 0.349. The van der Waals surface area contributed by atoms with Gasteiger partial charge in [0.15, 0.2) is 0 Å². The van der Waals surface area contributed by atoms with Crippen molar-refractivity contribution in [3.05, 3.63) is 119 Å². The Kier molecular flexibility index (Phi) is 4.21. The van der Waals surface area contributed by atoms with Crippen LogP contribution in [-0.2, 0) is 29.9 Å². The highest BCUT2D eigenvalue weighted by Gasteiger charge is 2.82. The van der Waals surface area contributed by atoms with Crippen LogP contribution < -0.4 is 0 Å². The van der Waals surface area contributed by atoms with E-state index in [2.05, 4.69) is 36.4 Å². The largest absolute Gasteiger partial charge is 0.468 e. The molecule has 0 atom stereocenters. The molecule has 0 radical (unpaired) electrons. The molecule has 36 heavy (non-hydrogen) atoms. The molecule has 1 fully saturated rings. The van der Waals surface area contributed by atoms with E-state index in [1.54, 1.807) is 0 Å². The zero-order valence-corrected chi connectivity index (χ0v) is 20.0. The third-order valence-electron chi connectivity index (χ3n) is 8.74. The van der Waals surface area contributed by atoms with Crippen LogP contribution in [0.15, 0.2) is 97.1 Å². The van der Waals surface area contributed by atoms with Crippen LogP contribution in [0.4, 0.5) is 0 Å². The van der Waals surface area contributed by atoms with E-state index >= 15 is 0 Å². The summed E-state index contributed by atoms with van der Waals surface area (Å²) in [5, 5.41) is 0. The Hall–Kier alpha value is -4.18. The summed E-state index contributed by atoms with van der Waals surface area (Å²) in [5.41, 5.74) is 5.66. The summed E-state index contributed by atoms with van der Waals surface area (Å²) in [6.07, 6.45) is 0. The average Bonchev–Trinajstić information content (AvgIpc) is 2.93. The number of fused-ring (bicyclic) bond motifs is 14. The van der Waals surface area contributed by atoms with Crippen LogP contribution in [0, 0.1) is 0 Å². The molecule has 7 rings (SSSR count). The number of rotatable bonds is 2. The Labute approximate surface area is 209 Å². The van der Waals surface area contributed by atoms with Gasteiger partial charge in [-0.15, -0.1) is 0 Å². The number of carbonyl (C=O) groups is 2. The molecule has 0 N–H and O–H groups in total. The number of carbonyl (C=O) groups excluding carboxylic acids is 2. The highest BCUT2D eigenvalue weighted by molar-refractivity contribution is 6.06. The summed E-state index contributed by atoms with van der Waals surface area (Å²) in [4.78, 5) is 28.4. The molecule has 0 spiro atoms. The van der Waals surface area contributed by atoms with Gasteiger partial charge in [0.1, 0.15) is 10.8 Å². The number of benzene rings is 4. The minimum atomic E-state index is -1.09. The second kappa shape index (κ2) is 7.17. The fourth-order valence-electron chi connectivity index (χ4n) is 7.73. The lowest BCUT2D eigenvalue weighted by molar-refractivity contribution is -0.174. The smallest absolute Gasteiger partial charge is 0.317 e. The summed E-state index contributed by atoms with van der Waals surface area (Å²) in [6, 6.07) is 32.4. The lowest BCUT2D eigenvalue weighted by Crippen LogP contribution is -2.74. The first-order valence-corrected chi connectivity index (χ1v) is 12.2. The van der Waals surface area contributed by atoms with E-state index < -0.39 is 22.7 Å². The SMILES string of the molecule is COC(=O)C12c3ccccc3-c3ccccc3C1C1(C(=O)OC)c3ccccc3-c3ccccc3C21. The van der Waals surface area contributed by atoms with Crippen LogP contribution in [0.3, 0.4) is 0 Å². The topological polar surface area (TPSA) is 52.6 Å². The van der Waals surface area contributed by atoms with Crippen molar-refractivity contribution in [1.82, 2.24) is 0 Å². The standard InChI is InChI=1S/C32H24O4/c1-35-29(33)31-25-17-9-7-13-21(25)19-11-3-5-15-23(19)27(31)32(30(34)36-2)26-18-10-8-14-22(26)20-12-4-6-16-24(20)28(31)32/h3-18,27-28H,1-2H3. The minimum absolute atomic E-state index is 0.326. The van der Waals surface area contributed by atoms with Gasteiger partial charge >= 0.3 is 11.9 Å². The van der Waals surface area contributed by atoms with E-state index in [0.717, 1.165) is 44.5 Å². The fourth-order valence-corrected chi connectivity index (χ4v) is 7.73. The van der Waals surface area contributed by atoms with E-state index in [1.165, 1.54) is 14.2 Å². The van der Waals surface area contributed by atoms with Gasteiger partial charge in [0.25, 0.3) is 0 Å². The van der Waals surface area contributed by atoms with E-state index in [0.29, 0.717) is 0 Å². The van der Waals surface area contributed by atoms with Crippen LogP contribution in [0.25, 0.3) is 22.3 Å². The molecule has 0 aromatic heterocycles. The van der Waals surface area contributed by atoms with Crippen LogP contribution in [0.1, 0.15) is 34.1 Å². The normalized spacial score (nSPS) is 25.9. The summed E-state index contributed by atoms with van der Waals surface area (Å²) in [5.74, 6) is -1.63. The zero-order valence-electron chi connectivity index (χ0n) is 20.0. The van der Waals surface area contributed by atoms with Gasteiger partial charge in [0.2, 0.25) is 0 Å².